The predicted octanol–water partition coefficient (Wildman–Crippen LogP) is 3.76. The van der Waals surface area contributed by atoms with Crippen molar-refractivity contribution in [1.29, 1.82) is 0 Å². The first kappa shape index (κ1) is 22.3. The molecule has 0 fully saturated rings. The second-order valence-electron chi connectivity index (χ2n) is 7.71. The maximum atomic E-state index is 12.6. The summed E-state index contributed by atoms with van der Waals surface area (Å²) in [5, 5.41) is 13.6. The Morgan fingerprint density at radius 3 is 2.55 bits per heavy atom. The molecule has 6 heteroatoms. The standard InChI is InChI=1S/C25H27NO5/c1-15(2)14-30-22-11-10-19-16(3)20(25(29)31-24(19)17(22)4)12-23(28)26-13-21(27)18-8-6-5-7-9-18/h5-11,21,27H,1,12-14H2,2-4H3,(H,26,28)/t21-/m1/s1. The zero-order chi connectivity index (χ0) is 22.5. The molecule has 0 saturated heterocycles. The van der Waals surface area contributed by atoms with Gasteiger partial charge >= 0.3 is 5.63 Å². The molecule has 0 bridgehead atoms. The summed E-state index contributed by atoms with van der Waals surface area (Å²) in [6.07, 6.45) is -0.946. The summed E-state index contributed by atoms with van der Waals surface area (Å²) in [6, 6.07) is 12.7. The number of aryl methyl sites for hydroxylation is 2. The fraction of sp³-hybridized carbons (Fsp3) is 0.280. The Hall–Kier alpha value is -3.38. The van der Waals surface area contributed by atoms with Crippen molar-refractivity contribution in [3.8, 4) is 5.75 Å². The zero-order valence-electron chi connectivity index (χ0n) is 18.0. The van der Waals surface area contributed by atoms with Crippen molar-refractivity contribution in [2.45, 2.75) is 33.3 Å². The van der Waals surface area contributed by atoms with E-state index in [1.807, 2.05) is 44.2 Å². The molecular weight excluding hydrogens is 394 g/mol. The van der Waals surface area contributed by atoms with Crippen LogP contribution in [0.5, 0.6) is 5.75 Å². The van der Waals surface area contributed by atoms with Crippen molar-refractivity contribution in [3.63, 3.8) is 0 Å². The van der Waals surface area contributed by atoms with Crippen LogP contribution in [0, 0.1) is 13.8 Å². The van der Waals surface area contributed by atoms with Crippen LogP contribution >= 0.6 is 0 Å². The molecule has 162 valence electrons. The first-order chi connectivity index (χ1) is 14.8. The van der Waals surface area contributed by atoms with Gasteiger partial charge in [0, 0.05) is 17.5 Å². The lowest BCUT2D eigenvalue weighted by Crippen LogP contribution is -2.31. The summed E-state index contributed by atoms with van der Waals surface area (Å²) < 4.78 is 11.3. The van der Waals surface area contributed by atoms with Gasteiger partial charge in [-0.3, -0.25) is 4.79 Å². The number of amides is 1. The third-order valence-corrected chi connectivity index (χ3v) is 5.14. The number of aliphatic hydroxyl groups excluding tert-OH is 1. The van der Waals surface area contributed by atoms with Crippen molar-refractivity contribution < 1.29 is 19.1 Å². The maximum Gasteiger partial charge on any atom is 0.340 e. The van der Waals surface area contributed by atoms with Crippen LogP contribution in [0.2, 0.25) is 0 Å². The topological polar surface area (TPSA) is 88.8 Å². The van der Waals surface area contributed by atoms with Crippen LogP contribution in [0.4, 0.5) is 0 Å². The van der Waals surface area contributed by atoms with E-state index in [2.05, 4.69) is 11.9 Å². The van der Waals surface area contributed by atoms with Gasteiger partial charge in [0.05, 0.1) is 18.1 Å². The molecule has 0 aliphatic heterocycles. The first-order valence-corrected chi connectivity index (χ1v) is 10.1. The SMILES string of the molecule is C=C(C)COc1ccc2c(C)c(CC(=O)NC[C@@H](O)c3ccccc3)c(=O)oc2c1C. The molecule has 0 saturated carbocycles. The Kier molecular flexibility index (Phi) is 6.92. The summed E-state index contributed by atoms with van der Waals surface area (Å²) in [7, 11) is 0. The molecule has 0 aliphatic rings. The van der Waals surface area contributed by atoms with Crippen molar-refractivity contribution in [1.82, 2.24) is 5.32 Å². The van der Waals surface area contributed by atoms with Gasteiger partial charge in [0.25, 0.3) is 0 Å². The van der Waals surface area contributed by atoms with Crippen LogP contribution < -0.4 is 15.7 Å². The van der Waals surface area contributed by atoms with Crippen molar-refractivity contribution in [3.05, 3.63) is 87.3 Å². The molecule has 1 amide bonds. The van der Waals surface area contributed by atoms with Crippen molar-refractivity contribution in [2.24, 2.45) is 0 Å². The van der Waals surface area contributed by atoms with Gasteiger partial charge in [-0.25, -0.2) is 4.79 Å². The van der Waals surface area contributed by atoms with E-state index >= 15 is 0 Å². The number of hydrogen-bond acceptors (Lipinski definition) is 5. The summed E-state index contributed by atoms with van der Waals surface area (Å²) >= 11 is 0. The zero-order valence-corrected chi connectivity index (χ0v) is 18.0. The van der Waals surface area contributed by atoms with Crippen LogP contribution in [-0.4, -0.2) is 24.2 Å². The number of nitrogens with one attached hydrogen (secondary N) is 1. The molecular formula is C25H27NO5. The van der Waals surface area contributed by atoms with Crippen molar-refractivity contribution in [2.75, 3.05) is 13.2 Å². The second-order valence-corrected chi connectivity index (χ2v) is 7.71. The van der Waals surface area contributed by atoms with E-state index in [-0.39, 0.29) is 18.9 Å². The quantitative estimate of drug-likeness (QED) is 0.427. The van der Waals surface area contributed by atoms with E-state index in [4.69, 9.17) is 9.15 Å². The molecule has 2 aromatic carbocycles. The molecule has 0 unspecified atom stereocenters. The van der Waals surface area contributed by atoms with Crippen LogP contribution in [0.3, 0.4) is 0 Å². The molecule has 0 spiro atoms. The third-order valence-electron chi connectivity index (χ3n) is 5.14. The second kappa shape index (κ2) is 9.62. The Labute approximate surface area is 181 Å². The number of carbonyl (C=O) groups is 1. The van der Waals surface area contributed by atoms with E-state index in [0.717, 1.165) is 16.5 Å². The Bertz CT molecular complexity index is 1160. The highest BCUT2D eigenvalue weighted by atomic mass is 16.5. The minimum Gasteiger partial charge on any atom is -0.489 e. The van der Waals surface area contributed by atoms with Crippen LogP contribution in [0.25, 0.3) is 11.0 Å². The fourth-order valence-electron chi connectivity index (χ4n) is 3.36. The molecule has 0 radical (unpaired) electrons. The largest absolute Gasteiger partial charge is 0.489 e. The molecule has 3 aromatic rings. The van der Waals surface area contributed by atoms with Crippen LogP contribution in [0.15, 0.2) is 63.8 Å². The van der Waals surface area contributed by atoms with Gasteiger partial charge < -0.3 is 19.6 Å². The minimum atomic E-state index is -0.820. The molecule has 1 heterocycles. The third kappa shape index (κ3) is 5.22. The Morgan fingerprint density at radius 2 is 1.87 bits per heavy atom. The maximum absolute atomic E-state index is 12.6. The van der Waals surface area contributed by atoms with E-state index in [1.165, 1.54) is 0 Å². The van der Waals surface area contributed by atoms with Gasteiger partial charge in [-0.15, -0.1) is 0 Å². The smallest absolute Gasteiger partial charge is 0.340 e. The number of hydrogen-bond donors (Lipinski definition) is 2. The fourth-order valence-corrected chi connectivity index (χ4v) is 3.36. The van der Waals surface area contributed by atoms with Crippen molar-refractivity contribution >= 4 is 16.9 Å². The van der Waals surface area contributed by atoms with E-state index in [9.17, 15) is 14.7 Å². The van der Waals surface area contributed by atoms with Gasteiger partial charge in [0.1, 0.15) is 17.9 Å². The van der Waals surface area contributed by atoms with Gasteiger partial charge in [-0.2, -0.15) is 0 Å². The molecule has 3 rings (SSSR count). The number of fused-ring (bicyclic) bond motifs is 1. The summed E-state index contributed by atoms with van der Waals surface area (Å²) in [6.45, 7) is 9.76. The van der Waals surface area contributed by atoms with Gasteiger partial charge in [-0.1, -0.05) is 36.9 Å². The Balaban J connectivity index is 1.77. The summed E-state index contributed by atoms with van der Waals surface area (Å²) in [4.78, 5) is 25.1. The van der Waals surface area contributed by atoms with E-state index < -0.39 is 11.7 Å². The lowest BCUT2D eigenvalue weighted by molar-refractivity contribution is -0.120. The molecule has 2 N–H and O–H groups in total. The van der Waals surface area contributed by atoms with Gasteiger partial charge in [0.2, 0.25) is 5.91 Å². The number of carbonyl (C=O) groups excluding carboxylic acids is 1. The first-order valence-electron chi connectivity index (χ1n) is 10.1. The molecule has 31 heavy (non-hydrogen) atoms. The highest BCUT2D eigenvalue weighted by Crippen LogP contribution is 2.29. The normalized spacial score (nSPS) is 11.9. The Morgan fingerprint density at radius 1 is 1.16 bits per heavy atom. The number of benzene rings is 2. The van der Waals surface area contributed by atoms with Crippen LogP contribution in [-0.2, 0) is 11.2 Å². The van der Waals surface area contributed by atoms with Gasteiger partial charge in [-0.05, 0) is 49.6 Å². The van der Waals surface area contributed by atoms with Gasteiger partial charge in [0.15, 0.2) is 0 Å². The lowest BCUT2D eigenvalue weighted by atomic mass is 10.0. The average Bonchev–Trinajstić information content (AvgIpc) is 2.75. The highest BCUT2D eigenvalue weighted by Gasteiger charge is 2.18. The molecule has 1 aromatic heterocycles. The van der Waals surface area contributed by atoms with E-state index in [0.29, 0.717) is 34.6 Å². The number of rotatable bonds is 8. The number of aliphatic hydroxyl groups is 1. The number of ether oxygens (including phenoxy) is 1. The monoisotopic (exact) mass is 421 g/mol. The summed E-state index contributed by atoms with van der Waals surface area (Å²) in [5.74, 6) is 0.265. The molecule has 1 atom stereocenters. The highest BCUT2D eigenvalue weighted by molar-refractivity contribution is 5.87. The van der Waals surface area contributed by atoms with E-state index in [1.54, 1.807) is 19.1 Å². The summed E-state index contributed by atoms with van der Waals surface area (Å²) in [5.41, 5.74) is 3.21. The minimum absolute atomic E-state index is 0.0589. The van der Waals surface area contributed by atoms with Crippen LogP contribution in [0.1, 0.15) is 35.3 Å². The molecule has 0 aliphatic carbocycles. The molecule has 6 nitrogen and oxygen atoms in total. The predicted molar refractivity (Wildman–Crippen MR) is 120 cm³/mol. The lowest BCUT2D eigenvalue weighted by Gasteiger charge is -2.14. The average molecular weight is 421 g/mol.